The molecule has 374 valence electrons. The lowest BCUT2D eigenvalue weighted by Crippen LogP contribution is -2.46. The number of ketones is 1. The predicted molar refractivity (Wildman–Crippen MR) is 242 cm³/mol. The molecule has 0 radical (unpaired) electrons. The van der Waals surface area contributed by atoms with Crippen molar-refractivity contribution in [2.45, 2.75) is 129 Å². The van der Waals surface area contributed by atoms with Crippen LogP contribution in [-0.2, 0) is 47.6 Å². The number of methoxy groups -OCH3 is 4. The molecule has 4 amide bonds. The molecule has 0 saturated heterocycles. The molecule has 3 heterocycles. The van der Waals surface area contributed by atoms with E-state index in [1.165, 1.54) is 25.4 Å². The summed E-state index contributed by atoms with van der Waals surface area (Å²) in [6.07, 6.45) is 4.10. The number of nitrogens with one attached hydrogen (secondary N) is 1. The summed E-state index contributed by atoms with van der Waals surface area (Å²) in [5.74, 6) is -4.69. The summed E-state index contributed by atoms with van der Waals surface area (Å²) in [4.78, 5) is 86.8. The lowest BCUT2D eigenvalue weighted by molar-refractivity contribution is -0.160. The van der Waals surface area contributed by atoms with Crippen LogP contribution in [0.15, 0.2) is 39.7 Å². The molecule has 0 unspecified atom stereocenters. The van der Waals surface area contributed by atoms with Gasteiger partial charge < -0.3 is 53.0 Å². The van der Waals surface area contributed by atoms with Gasteiger partial charge in [-0.25, -0.2) is 14.8 Å². The van der Waals surface area contributed by atoms with Crippen molar-refractivity contribution < 1.29 is 71.1 Å². The van der Waals surface area contributed by atoms with Crippen LogP contribution >= 0.6 is 0 Å². The number of Topliss-reactive ketones (excluding diaryl/α,β-unsaturated/α-hetero) is 1. The number of hydrogen-bond donors (Lipinski definition) is 3. The number of aliphatic hydroxyl groups excluding tert-OH is 1. The van der Waals surface area contributed by atoms with Crippen LogP contribution in [0.5, 0.6) is 0 Å². The molecule has 0 spiro atoms. The second-order valence-electron chi connectivity index (χ2n) is 17.6. The minimum absolute atomic E-state index is 0.00186. The third-order valence-electron chi connectivity index (χ3n) is 12.5. The van der Waals surface area contributed by atoms with Crippen LogP contribution in [0.1, 0.15) is 103 Å². The lowest BCUT2D eigenvalue weighted by Gasteiger charge is -2.34. The number of imide groups is 1. The van der Waals surface area contributed by atoms with Gasteiger partial charge in [0.15, 0.2) is 11.4 Å². The number of aromatic nitrogens is 2. The van der Waals surface area contributed by atoms with E-state index in [9.17, 15) is 33.9 Å². The topological polar surface area (TPSA) is 271 Å². The van der Waals surface area contributed by atoms with Gasteiger partial charge in [0.05, 0.1) is 30.8 Å². The molecule has 2 aromatic rings. The van der Waals surface area contributed by atoms with Gasteiger partial charge in [-0.3, -0.25) is 29.3 Å². The number of fused-ring (bicyclic) bond motifs is 5. The molecule has 2 aromatic heterocycles. The van der Waals surface area contributed by atoms with Crippen LogP contribution in [0.4, 0.5) is 4.79 Å². The Morgan fingerprint density at radius 3 is 2.31 bits per heavy atom. The van der Waals surface area contributed by atoms with Gasteiger partial charge in [0, 0.05) is 78.2 Å². The van der Waals surface area contributed by atoms with Crippen molar-refractivity contribution in [3.05, 3.63) is 42.5 Å². The van der Waals surface area contributed by atoms with Crippen LogP contribution in [0.2, 0.25) is 0 Å². The number of cyclic esters (lactones) is 1. The zero-order valence-corrected chi connectivity index (χ0v) is 40.6. The van der Waals surface area contributed by atoms with Crippen molar-refractivity contribution in [2.24, 2.45) is 41.2 Å². The molecule has 67 heavy (non-hydrogen) atoms. The molecule has 0 aromatic carbocycles. The average molecular weight is 946 g/mol. The van der Waals surface area contributed by atoms with Crippen molar-refractivity contribution >= 4 is 42.1 Å². The Bertz CT molecular complexity index is 1970. The summed E-state index contributed by atoms with van der Waals surface area (Å²) in [6, 6.07) is 0. The maximum atomic E-state index is 13.9. The Morgan fingerprint density at radius 2 is 1.69 bits per heavy atom. The number of nitrogens with two attached hydrogens (primary N) is 1. The number of carbonyl (C=O) groups excluding carboxylic acids is 6. The van der Waals surface area contributed by atoms with E-state index < -0.39 is 84.4 Å². The van der Waals surface area contributed by atoms with E-state index in [1.807, 2.05) is 33.8 Å². The van der Waals surface area contributed by atoms with Crippen molar-refractivity contribution in [3.63, 3.8) is 0 Å². The summed E-state index contributed by atoms with van der Waals surface area (Å²) >= 11 is 0. The second-order valence-corrected chi connectivity index (χ2v) is 17.6. The summed E-state index contributed by atoms with van der Waals surface area (Å²) < 4.78 is 45.8. The Kier molecular flexibility index (Phi) is 23.0. The highest BCUT2D eigenvalue weighted by Crippen LogP contribution is 2.30. The molecule has 0 aliphatic carbocycles. The number of carbonyl (C=O) groups is 6. The quantitative estimate of drug-likeness (QED) is 0.105. The number of rotatable bonds is 17. The largest absolute Gasteiger partial charge is 0.462 e. The van der Waals surface area contributed by atoms with Crippen LogP contribution < -0.4 is 11.1 Å². The number of oxazole rings is 2. The van der Waals surface area contributed by atoms with E-state index in [4.69, 9.17) is 43.0 Å². The fourth-order valence-electron chi connectivity index (χ4n) is 8.36. The number of hydrogen-bond acceptors (Lipinski definition) is 17. The molecular weight excluding hydrogens is 875 g/mol. The molecule has 0 fully saturated rings. The van der Waals surface area contributed by atoms with Gasteiger partial charge in [-0.15, -0.1) is 0 Å². The summed E-state index contributed by atoms with van der Waals surface area (Å²) in [5.41, 5.74) is 5.42. The number of ether oxygens (including phenoxy) is 6. The minimum atomic E-state index is -1.26. The zero-order valence-electron chi connectivity index (χ0n) is 40.6. The normalized spacial score (nSPS) is 26.7. The Morgan fingerprint density at radius 1 is 0.985 bits per heavy atom. The molecule has 4 N–H and O–H groups in total. The molecular formula is C47H71N5O15. The van der Waals surface area contributed by atoms with Crippen molar-refractivity contribution in [1.29, 1.82) is 0 Å². The number of primary amides is 1. The van der Waals surface area contributed by atoms with Crippen molar-refractivity contribution in [2.75, 3.05) is 35.5 Å². The number of esters is 1. The fraction of sp³-hybridized carbons (Fsp3) is 0.660. The SMILES string of the molecule is CO[C@H]([C@H](C)/C=C/N(C)C=O)[C@@H](C)C(=O)CC[C@H](C)[C@H](C[C@@H]1OC(=O)C[C@@H](OC(N)=O)C[C@H](C)C[C@H](O)[C@H](C)[C@@H](OC)C(=O)NC(=O)c2coc(n2)-c2coc(n2)/C=C/C[C@H](OC)[C@H]1C)OC. The summed E-state index contributed by atoms with van der Waals surface area (Å²) in [6.45, 7) is 10.9. The smallest absolute Gasteiger partial charge is 0.404 e. The number of nitrogens with zero attached hydrogens (tertiary/aromatic N) is 3. The highest BCUT2D eigenvalue weighted by atomic mass is 16.6. The third-order valence-corrected chi connectivity index (χ3v) is 12.5. The molecule has 1 aliphatic rings. The van der Waals surface area contributed by atoms with E-state index >= 15 is 0 Å². The van der Waals surface area contributed by atoms with E-state index in [1.54, 1.807) is 53.5 Å². The van der Waals surface area contributed by atoms with Gasteiger partial charge in [0.25, 0.3) is 11.8 Å². The maximum absolute atomic E-state index is 13.9. The Balaban J connectivity index is 1.93. The van der Waals surface area contributed by atoms with Gasteiger partial charge >= 0.3 is 12.1 Å². The molecule has 3 rings (SSSR count). The van der Waals surface area contributed by atoms with Crippen LogP contribution in [-0.4, -0.2) is 134 Å². The second kappa shape index (κ2) is 27.5. The first kappa shape index (κ1) is 56.0. The van der Waals surface area contributed by atoms with E-state index in [2.05, 4.69) is 15.3 Å². The van der Waals surface area contributed by atoms with Crippen LogP contribution in [0.3, 0.4) is 0 Å². The summed E-state index contributed by atoms with van der Waals surface area (Å²) in [5, 5.41) is 13.5. The van der Waals surface area contributed by atoms with Crippen LogP contribution in [0, 0.1) is 35.5 Å². The maximum Gasteiger partial charge on any atom is 0.404 e. The van der Waals surface area contributed by atoms with Gasteiger partial charge in [-0.1, -0.05) is 53.7 Å². The van der Waals surface area contributed by atoms with Gasteiger partial charge in [0.2, 0.25) is 18.2 Å². The Hall–Kier alpha value is -5.28. The number of aliphatic hydroxyl groups is 1. The molecule has 20 nitrogen and oxygen atoms in total. The van der Waals surface area contributed by atoms with Crippen molar-refractivity contribution in [3.8, 4) is 11.6 Å². The highest BCUT2D eigenvalue weighted by molar-refractivity contribution is 6.05. The molecule has 20 heteroatoms. The van der Waals surface area contributed by atoms with Crippen molar-refractivity contribution in [1.82, 2.24) is 20.2 Å². The molecule has 1 aliphatic heterocycles. The van der Waals surface area contributed by atoms with Gasteiger partial charge in [-0.2, -0.15) is 0 Å². The molecule has 4 bridgehead atoms. The zero-order chi connectivity index (χ0) is 50.0. The number of amides is 4. The standard InChI is InChI=1S/C47H71N5O15/c1-26-19-32(66-47(48)59)21-41(56)67-39(22-38(61-9)27(2)15-16-35(54)29(4)42(62-10)28(3)17-18-52(7)25-53)31(6)37(60-8)13-12-14-40-49-34(24-64-40)46-50-33(23-65-46)44(57)51-45(58)43(63-11)30(5)36(55)20-26/h12,14,17-18,23-32,36-39,42-43,55H,13,15-16,19-22H2,1-11H3,(H2,48,59)(H,51,57,58)/b14-12+,18-17+/t26-,27-,28+,29-,30-,31+,32-,36-,37-,38-,39-,42+,43+/m0/s1. The predicted octanol–water partition coefficient (Wildman–Crippen LogP) is 5.13. The first-order valence-electron chi connectivity index (χ1n) is 22.5. The minimum Gasteiger partial charge on any atom is -0.462 e. The van der Waals surface area contributed by atoms with E-state index in [0.717, 1.165) is 6.26 Å². The first-order chi connectivity index (χ1) is 31.8. The van der Waals surface area contributed by atoms with E-state index in [0.29, 0.717) is 19.3 Å². The molecule has 0 saturated carbocycles. The lowest BCUT2D eigenvalue weighted by atomic mass is 9.84. The first-order valence-corrected chi connectivity index (χ1v) is 22.5. The van der Waals surface area contributed by atoms with Crippen LogP contribution in [0.25, 0.3) is 17.7 Å². The monoisotopic (exact) mass is 945 g/mol. The Labute approximate surface area is 392 Å². The molecule has 13 atom stereocenters. The van der Waals surface area contributed by atoms with Gasteiger partial charge in [0.1, 0.15) is 36.6 Å². The fourth-order valence-corrected chi connectivity index (χ4v) is 8.36. The van der Waals surface area contributed by atoms with E-state index in [-0.39, 0.29) is 78.8 Å². The average Bonchev–Trinajstić information content (AvgIpc) is 3.98. The highest BCUT2D eigenvalue weighted by Gasteiger charge is 2.36. The summed E-state index contributed by atoms with van der Waals surface area (Å²) in [7, 11) is 7.53. The third kappa shape index (κ3) is 17.1. The van der Waals surface area contributed by atoms with Gasteiger partial charge in [-0.05, 0) is 43.6 Å².